The van der Waals surface area contributed by atoms with Crippen LogP contribution in [0.15, 0.2) is 24.3 Å². The maximum Gasteiger partial charge on any atom is 0.0596 e. The van der Waals surface area contributed by atoms with Gasteiger partial charge in [-0.3, -0.25) is 0 Å². The molecule has 0 aromatic carbocycles. The molecule has 0 unspecified atom stereocenters. The first-order valence-electron chi connectivity index (χ1n) is 6.49. The molecular weight excluding hydrogens is 208 g/mol. The zero-order valence-corrected chi connectivity index (χ0v) is 13.1. The molecule has 0 bridgehead atoms. The number of rotatable bonds is 3. The molecule has 0 heterocycles. The van der Waals surface area contributed by atoms with Gasteiger partial charge in [0.2, 0.25) is 0 Å². The fourth-order valence-electron chi connectivity index (χ4n) is 2.46. The molecule has 0 aliphatic heterocycles. The average molecular weight is 236 g/mol. The molecule has 0 spiro atoms. The van der Waals surface area contributed by atoms with E-state index in [4.69, 9.17) is 0 Å². The van der Waals surface area contributed by atoms with Crippen LogP contribution in [0.5, 0.6) is 0 Å². The van der Waals surface area contributed by atoms with Crippen LogP contribution >= 0.6 is 0 Å². The van der Waals surface area contributed by atoms with E-state index in [1.165, 1.54) is 6.42 Å². The molecule has 0 nitrogen and oxygen atoms in total. The Morgan fingerprint density at radius 2 is 1.38 bits per heavy atom. The van der Waals surface area contributed by atoms with E-state index < -0.39 is 8.07 Å². The van der Waals surface area contributed by atoms with Gasteiger partial charge in [-0.2, -0.15) is 0 Å². The molecule has 0 aromatic heterocycles. The summed E-state index contributed by atoms with van der Waals surface area (Å²) in [6, 6.07) is 0. The highest BCUT2D eigenvalue weighted by molar-refractivity contribution is 6.80. The first-order valence-corrected chi connectivity index (χ1v) is 9.99. The monoisotopic (exact) mass is 236 g/mol. The van der Waals surface area contributed by atoms with Crippen molar-refractivity contribution in [3.05, 3.63) is 24.3 Å². The fourth-order valence-corrected chi connectivity index (χ4v) is 4.64. The molecule has 92 valence electrons. The third-order valence-electron chi connectivity index (χ3n) is 3.76. The van der Waals surface area contributed by atoms with Gasteiger partial charge in [-0.15, -0.1) is 0 Å². The second-order valence-corrected chi connectivity index (χ2v) is 12.8. The molecule has 0 atom stereocenters. The van der Waals surface area contributed by atoms with Gasteiger partial charge in [0.15, 0.2) is 0 Å². The summed E-state index contributed by atoms with van der Waals surface area (Å²) in [5.41, 5.74) is 0.250. The minimum atomic E-state index is -1.21. The van der Waals surface area contributed by atoms with Gasteiger partial charge in [0, 0.05) is 10.5 Å². The number of hydrogen-bond acceptors (Lipinski definition) is 0. The van der Waals surface area contributed by atoms with Gasteiger partial charge in [-0.05, 0) is 12.3 Å². The summed E-state index contributed by atoms with van der Waals surface area (Å²) in [5, 5.41) is 0.372. The van der Waals surface area contributed by atoms with E-state index in [-0.39, 0.29) is 5.41 Å². The number of allylic oxidation sites excluding steroid dienone is 4. The smallest absolute Gasteiger partial charge is 0.0596 e. The predicted octanol–water partition coefficient (Wildman–Crippen LogP) is 5.26. The van der Waals surface area contributed by atoms with Gasteiger partial charge in [-0.25, -0.2) is 0 Å². The summed E-state index contributed by atoms with van der Waals surface area (Å²) in [7, 11) is -1.21. The molecule has 1 heteroatoms. The summed E-state index contributed by atoms with van der Waals surface area (Å²) >= 11 is 0. The van der Waals surface area contributed by atoms with E-state index in [0.717, 1.165) is 5.92 Å². The first-order chi connectivity index (χ1) is 7.08. The highest BCUT2D eigenvalue weighted by Crippen LogP contribution is 2.50. The molecule has 0 fully saturated rings. The average Bonchev–Trinajstić information content (AvgIpc) is 2.06. The van der Waals surface area contributed by atoms with Gasteiger partial charge in [-0.1, -0.05) is 71.6 Å². The zero-order chi connectivity index (χ0) is 12.6. The predicted molar refractivity (Wildman–Crippen MR) is 77.6 cm³/mol. The van der Waals surface area contributed by atoms with Crippen molar-refractivity contribution >= 4 is 8.07 Å². The summed E-state index contributed by atoms with van der Waals surface area (Å²) in [6.45, 7) is 16.7. The Balaban J connectivity index is 3.06. The normalized spacial score (nSPS) is 22.8. The van der Waals surface area contributed by atoms with Crippen molar-refractivity contribution in [3.8, 4) is 0 Å². The van der Waals surface area contributed by atoms with Gasteiger partial charge in [0.25, 0.3) is 0 Å². The van der Waals surface area contributed by atoms with Crippen molar-refractivity contribution in [3.63, 3.8) is 0 Å². The van der Waals surface area contributed by atoms with Crippen LogP contribution in [0.3, 0.4) is 0 Å². The third-order valence-corrected chi connectivity index (χ3v) is 7.09. The van der Waals surface area contributed by atoms with Crippen molar-refractivity contribution < 1.29 is 0 Å². The van der Waals surface area contributed by atoms with Crippen molar-refractivity contribution in [1.82, 2.24) is 0 Å². The van der Waals surface area contributed by atoms with E-state index in [9.17, 15) is 0 Å². The molecule has 0 saturated carbocycles. The lowest BCUT2D eigenvalue weighted by molar-refractivity contribution is 0.509. The van der Waals surface area contributed by atoms with Crippen LogP contribution in [0, 0.1) is 11.3 Å². The minimum absolute atomic E-state index is 0.250. The van der Waals surface area contributed by atoms with Crippen LogP contribution in [0.4, 0.5) is 0 Å². The Hall–Kier alpha value is -0.303. The van der Waals surface area contributed by atoms with Crippen LogP contribution in [-0.4, -0.2) is 8.07 Å². The lowest BCUT2D eigenvalue weighted by Gasteiger charge is -2.43. The summed E-state index contributed by atoms with van der Waals surface area (Å²) < 4.78 is 0. The standard InChI is InChI=1S/C15H28Si/c1-13(2)12-15(16(5,6)7)10-8-14(3,4)9-11-15/h8-11,13H,12H2,1-7H3. The van der Waals surface area contributed by atoms with Gasteiger partial charge < -0.3 is 0 Å². The lowest BCUT2D eigenvalue weighted by atomic mass is 9.82. The molecule has 16 heavy (non-hydrogen) atoms. The zero-order valence-electron chi connectivity index (χ0n) is 12.1. The van der Waals surface area contributed by atoms with Crippen LogP contribution in [0.1, 0.15) is 34.1 Å². The Kier molecular flexibility index (Phi) is 3.59. The molecule has 1 aliphatic rings. The van der Waals surface area contributed by atoms with E-state index >= 15 is 0 Å². The third kappa shape index (κ3) is 2.88. The molecule has 0 saturated heterocycles. The Morgan fingerprint density at radius 3 is 1.69 bits per heavy atom. The summed E-state index contributed by atoms with van der Waals surface area (Å²) in [5.74, 6) is 0.766. The van der Waals surface area contributed by atoms with E-state index in [2.05, 4.69) is 71.6 Å². The lowest BCUT2D eigenvalue weighted by Crippen LogP contribution is -2.39. The molecule has 1 aliphatic carbocycles. The largest absolute Gasteiger partial charge is 0.0805 e. The van der Waals surface area contributed by atoms with Gasteiger partial charge in [0.05, 0.1) is 8.07 Å². The molecule has 0 radical (unpaired) electrons. The highest BCUT2D eigenvalue weighted by atomic mass is 28.3. The summed E-state index contributed by atoms with van der Waals surface area (Å²) in [4.78, 5) is 0. The van der Waals surface area contributed by atoms with Crippen molar-refractivity contribution in [2.45, 2.75) is 58.8 Å². The SMILES string of the molecule is CC(C)CC1([Si](C)(C)C)C=CC(C)(C)C=C1. The topological polar surface area (TPSA) is 0 Å². The van der Waals surface area contributed by atoms with Crippen molar-refractivity contribution in [2.24, 2.45) is 11.3 Å². The minimum Gasteiger partial charge on any atom is -0.0805 e. The van der Waals surface area contributed by atoms with Crippen LogP contribution in [0.2, 0.25) is 24.7 Å². The second kappa shape index (κ2) is 4.18. The molecule has 1 rings (SSSR count). The Bertz CT molecular complexity index is 284. The van der Waals surface area contributed by atoms with Gasteiger partial charge >= 0.3 is 0 Å². The maximum atomic E-state index is 2.51. The molecule has 0 aromatic rings. The number of hydrogen-bond donors (Lipinski definition) is 0. The van der Waals surface area contributed by atoms with Crippen LogP contribution in [0.25, 0.3) is 0 Å². The highest BCUT2D eigenvalue weighted by Gasteiger charge is 2.41. The van der Waals surface area contributed by atoms with Crippen LogP contribution < -0.4 is 0 Å². The van der Waals surface area contributed by atoms with E-state index in [1.54, 1.807) is 0 Å². The van der Waals surface area contributed by atoms with E-state index in [1.807, 2.05) is 0 Å². The first kappa shape index (κ1) is 13.8. The van der Waals surface area contributed by atoms with E-state index in [0.29, 0.717) is 5.04 Å². The Labute approximate surface area is 103 Å². The maximum absolute atomic E-state index is 2.51. The molecular formula is C15H28Si. The fraction of sp³-hybridized carbons (Fsp3) is 0.733. The summed E-state index contributed by atoms with van der Waals surface area (Å²) in [6.07, 6.45) is 11.1. The van der Waals surface area contributed by atoms with Crippen LogP contribution in [-0.2, 0) is 0 Å². The second-order valence-electron chi connectivity index (χ2n) is 7.38. The Morgan fingerprint density at radius 1 is 0.938 bits per heavy atom. The molecule has 0 N–H and O–H groups in total. The van der Waals surface area contributed by atoms with Gasteiger partial charge in [0.1, 0.15) is 0 Å². The molecule has 0 amide bonds. The van der Waals surface area contributed by atoms with Crippen molar-refractivity contribution in [1.29, 1.82) is 0 Å². The van der Waals surface area contributed by atoms with Crippen molar-refractivity contribution in [2.75, 3.05) is 0 Å². The quantitative estimate of drug-likeness (QED) is 0.463.